The Morgan fingerprint density at radius 3 is 2.53 bits per heavy atom. The molecule has 0 aromatic heterocycles. The Bertz CT molecular complexity index is 417. The molecule has 1 N–H and O–H groups in total. The number of rotatable bonds is 7. The van der Waals surface area contributed by atoms with Crippen LogP contribution in [0.5, 0.6) is 0 Å². The average molecular weight is 257 g/mol. The van der Waals surface area contributed by atoms with Crippen LogP contribution in [-0.2, 0) is 20.7 Å². The maximum atomic E-state index is 10.7. The first-order chi connectivity index (χ1) is 7.97. The fourth-order valence-electron chi connectivity index (χ4n) is 1.54. The molecule has 0 radical (unpaired) electrons. The van der Waals surface area contributed by atoms with Crippen molar-refractivity contribution in [2.45, 2.75) is 19.4 Å². The van der Waals surface area contributed by atoms with Crippen molar-refractivity contribution in [3.05, 3.63) is 35.9 Å². The first-order valence-electron chi connectivity index (χ1n) is 5.59. The quantitative estimate of drug-likeness (QED) is 0.589. The summed E-state index contributed by atoms with van der Waals surface area (Å²) in [7, 11) is -3.32. The van der Waals surface area contributed by atoms with Gasteiger partial charge in [0.15, 0.2) is 0 Å². The molecule has 1 rings (SSSR count). The van der Waals surface area contributed by atoms with E-state index in [1.54, 1.807) is 0 Å². The van der Waals surface area contributed by atoms with Gasteiger partial charge in [-0.3, -0.25) is 4.18 Å². The van der Waals surface area contributed by atoms with Crippen LogP contribution in [0.15, 0.2) is 30.3 Å². The third-order valence-electron chi connectivity index (χ3n) is 2.28. The molecule has 1 atom stereocenters. The summed E-state index contributed by atoms with van der Waals surface area (Å²) in [5.41, 5.74) is 1.26. The van der Waals surface area contributed by atoms with Crippen LogP contribution in [0.1, 0.15) is 12.5 Å². The fourth-order valence-corrected chi connectivity index (χ4v) is 1.92. The van der Waals surface area contributed by atoms with E-state index >= 15 is 0 Å². The molecule has 1 unspecified atom stereocenters. The smallest absolute Gasteiger partial charge is 0.264 e. The van der Waals surface area contributed by atoms with E-state index in [0.717, 1.165) is 12.7 Å². The Morgan fingerprint density at radius 2 is 1.94 bits per heavy atom. The third-order valence-corrected chi connectivity index (χ3v) is 2.87. The molecule has 5 heteroatoms. The molecule has 0 saturated carbocycles. The summed E-state index contributed by atoms with van der Waals surface area (Å²) in [5.74, 6) is 0. The zero-order valence-electron chi connectivity index (χ0n) is 10.2. The van der Waals surface area contributed by atoms with Crippen LogP contribution in [0.3, 0.4) is 0 Å². The van der Waals surface area contributed by atoms with Gasteiger partial charge in [-0.1, -0.05) is 30.3 Å². The molecule has 0 bridgehead atoms. The van der Waals surface area contributed by atoms with Crippen molar-refractivity contribution < 1.29 is 12.6 Å². The number of benzene rings is 1. The van der Waals surface area contributed by atoms with Gasteiger partial charge in [0.1, 0.15) is 0 Å². The molecule has 0 fully saturated rings. The van der Waals surface area contributed by atoms with Gasteiger partial charge in [0.25, 0.3) is 10.1 Å². The molecule has 0 aliphatic carbocycles. The first-order valence-corrected chi connectivity index (χ1v) is 7.41. The van der Waals surface area contributed by atoms with E-state index in [9.17, 15) is 8.42 Å². The molecule has 0 heterocycles. The summed E-state index contributed by atoms with van der Waals surface area (Å²) in [6, 6.07) is 10.4. The van der Waals surface area contributed by atoms with Crippen LogP contribution in [-0.4, -0.2) is 33.9 Å². The lowest BCUT2D eigenvalue weighted by atomic mass is 10.1. The van der Waals surface area contributed by atoms with Crippen molar-refractivity contribution in [2.75, 3.05) is 19.4 Å². The van der Waals surface area contributed by atoms with Gasteiger partial charge in [0.2, 0.25) is 0 Å². The lowest BCUT2D eigenvalue weighted by molar-refractivity contribution is 0.311. The van der Waals surface area contributed by atoms with E-state index in [1.807, 2.05) is 18.2 Å². The normalized spacial score (nSPS) is 13.5. The number of hydrogen-bond acceptors (Lipinski definition) is 4. The summed E-state index contributed by atoms with van der Waals surface area (Å²) in [6.07, 6.45) is 1.97. The van der Waals surface area contributed by atoms with Gasteiger partial charge < -0.3 is 5.32 Å². The average Bonchev–Trinajstić information content (AvgIpc) is 2.25. The summed E-state index contributed by atoms with van der Waals surface area (Å²) >= 11 is 0. The fraction of sp³-hybridized carbons (Fsp3) is 0.500. The predicted molar refractivity (Wildman–Crippen MR) is 68.4 cm³/mol. The topological polar surface area (TPSA) is 55.4 Å². The van der Waals surface area contributed by atoms with Gasteiger partial charge in [0.05, 0.1) is 12.9 Å². The highest BCUT2D eigenvalue weighted by Gasteiger charge is 2.04. The highest BCUT2D eigenvalue weighted by atomic mass is 32.2. The Balaban J connectivity index is 2.20. The van der Waals surface area contributed by atoms with E-state index in [1.165, 1.54) is 5.56 Å². The van der Waals surface area contributed by atoms with Crippen LogP contribution in [0.25, 0.3) is 0 Å². The summed E-state index contributed by atoms with van der Waals surface area (Å²) in [4.78, 5) is 0. The van der Waals surface area contributed by atoms with Crippen molar-refractivity contribution >= 4 is 10.1 Å². The summed E-state index contributed by atoms with van der Waals surface area (Å²) < 4.78 is 26.1. The predicted octanol–water partition coefficient (Wildman–Crippen LogP) is 1.18. The molecular weight excluding hydrogens is 238 g/mol. The van der Waals surface area contributed by atoms with Gasteiger partial charge in [-0.15, -0.1) is 0 Å². The molecule has 1 aromatic rings. The van der Waals surface area contributed by atoms with Crippen LogP contribution < -0.4 is 5.32 Å². The van der Waals surface area contributed by atoms with Crippen LogP contribution in [0.4, 0.5) is 0 Å². The van der Waals surface area contributed by atoms with E-state index < -0.39 is 10.1 Å². The Hall–Kier alpha value is -0.910. The van der Waals surface area contributed by atoms with Gasteiger partial charge in [-0.25, -0.2) is 0 Å². The maximum absolute atomic E-state index is 10.7. The molecule has 0 aliphatic rings. The highest BCUT2D eigenvalue weighted by molar-refractivity contribution is 7.85. The van der Waals surface area contributed by atoms with Crippen molar-refractivity contribution in [3.8, 4) is 0 Å². The number of hydrogen-bond donors (Lipinski definition) is 1. The van der Waals surface area contributed by atoms with Crippen LogP contribution in [0, 0.1) is 0 Å². The van der Waals surface area contributed by atoms with Crippen molar-refractivity contribution in [1.29, 1.82) is 0 Å². The summed E-state index contributed by atoms with van der Waals surface area (Å²) in [5, 5.41) is 3.21. The van der Waals surface area contributed by atoms with Crippen molar-refractivity contribution in [3.63, 3.8) is 0 Å². The van der Waals surface area contributed by atoms with Crippen LogP contribution in [0.2, 0.25) is 0 Å². The van der Waals surface area contributed by atoms with Crippen molar-refractivity contribution in [1.82, 2.24) is 5.32 Å². The monoisotopic (exact) mass is 257 g/mol. The second kappa shape index (κ2) is 6.74. The Labute approximate surface area is 103 Å². The molecule has 0 spiro atoms. The summed E-state index contributed by atoms with van der Waals surface area (Å²) in [6.45, 7) is 2.77. The second-order valence-corrected chi connectivity index (χ2v) is 5.71. The zero-order valence-corrected chi connectivity index (χ0v) is 11.0. The SMILES string of the molecule is CC(Cc1ccccc1)NCCOS(C)(=O)=O. The number of nitrogens with one attached hydrogen (secondary N) is 1. The molecule has 96 valence electrons. The first kappa shape index (κ1) is 14.2. The molecule has 17 heavy (non-hydrogen) atoms. The van der Waals surface area contributed by atoms with E-state index in [0.29, 0.717) is 12.6 Å². The standard InChI is InChI=1S/C12H19NO3S/c1-11(10-12-6-4-3-5-7-12)13-8-9-16-17(2,14)15/h3-7,11,13H,8-10H2,1-2H3. The van der Waals surface area contributed by atoms with Gasteiger partial charge in [-0.2, -0.15) is 8.42 Å². The molecule has 0 amide bonds. The van der Waals surface area contributed by atoms with Gasteiger partial charge in [-0.05, 0) is 18.9 Å². The van der Waals surface area contributed by atoms with Gasteiger partial charge in [0, 0.05) is 12.6 Å². The zero-order chi connectivity index (χ0) is 12.7. The molecule has 4 nitrogen and oxygen atoms in total. The highest BCUT2D eigenvalue weighted by Crippen LogP contribution is 2.02. The van der Waals surface area contributed by atoms with Gasteiger partial charge >= 0.3 is 0 Å². The van der Waals surface area contributed by atoms with E-state index in [4.69, 9.17) is 0 Å². The Morgan fingerprint density at radius 1 is 1.29 bits per heavy atom. The van der Waals surface area contributed by atoms with E-state index in [-0.39, 0.29) is 6.61 Å². The minimum absolute atomic E-state index is 0.179. The van der Waals surface area contributed by atoms with Crippen molar-refractivity contribution in [2.24, 2.45) is 0 Å². The Kier molecular flexibility index (Phi) is 5.61. The van der Waals surface area contributed by atoms with Crippen LogP contribution >= 0.6 is 0 Å². The maximum Gasteiger partial charge on any atom is 0.264 e. The lowest BCUT2D eigenvalue weighted by Crippen LogP contribution is -2.31. The molecule has 0 aliphatic heterocycles. The molecule has 0 saturated heterocycles. The second-order valence-electron chi connectivity index (χ2n) is 4.07. The third kappa shape index (κ3) is 7.10. The minimum atomic E-state index is -3.32. The minimum Gasteiger partial charge on any atom is -0.312 e. The molecular formula is C12H19NO3S. The van der Waals surface area contributed by atoms with E-state index in [2.05, 4.69) is 28.6 Å². The molecule has 1 aromatic carbocycles. The lowest BCUT2D eigenvalue weighted by Gasteiger charge is -2.13. The largest absolute Gasteiger partial charge is 0.312 e.